The van der Waals surface area contributed by atoms with E-state index in [0.717, 1.165) is 18.4 Å². The second-order valence-corrected chi connectivity index (χ2v) is 5.78. The molecule has 1 aliphatic carbocycles. The number of hydrogen-bond acceptors (Lipinski definition) is 3. The molecule has 0 heterocycles. The molecule has 1 fully saturated rings. The molecule has 2 rings (SSSR count). The van der Waals surface area contributed by atoms with Crippen LogP contribution in [0.15, 0.2) is 23.1 Å². The largest absolute Gasteiger partial charge is 0.489 e. The van der Waals surface area contributed by atoms with Crippen LogP contribution in [0.2, 0.25) is 0 Å². The fourth-order valence-electron chi connectivity index (χ4n) is 1.45. The van der Waals surface area contributed by atoms with Gasteiger partial charge >= 0.3 is 0 Å². The van der Waals surface area contributed by atoms with Crippen LogP contribution in [0.4, 0.5) is 0 Å². The number of benzene rings is 1. The van der Waals surface area contributed by atoms with Gasteiger partial charge in [-0.05, 0) is 38.4 Å². The minimum atomic E-state index is -3.44. The van der Waals surface area contributed by atoms with Crippen molar-refractivity contribution < 1.29 is 13.2 Å². The summed E-state index contributed by atoms with van der Waals surface area (Å²) in [5.41, 5.74) is 0.850. The first kappa shape index (κ1) is 11.4. The molecule has 1 N–H and O–H groups in total. The van der Waals surface area contributed by atoms with E-state index < -0.39 is 10.0 Å². The third kappa shape index (κ3) is 2.20. The molecule has 16 heavy (non-hydrogen) atoms. The Hall–Kier alpha value is -1.07. The lowest BCUT2D eigenvalue weighted by Gasteiger charge is -2.13. The summed E-state index contributed by atoms with van der Waals surface area (Å²) in [4.78, 5) is 0.224. The highest BCUT2D eigenvalue weighted by Crippen LogP contribution is 2.33. The zero-order valence-corrected chi connectivity index (χ0v) is 10.2. The molecule has 5 heteroatoms. The molecule has 0 spiro atoms. The molecule has 0 amide bonds. The Morgan fingerprint density at radius 2 is 2.06 bits per heavy atom. The number of para-hydroxylation sites is 1. The van der Waals surface area contributed by atoms with Gasteiger partial charge in [-0.1, -0.05) is 12.1 Å². The summed E-state index contributed by atoms with van der Waals surface area (Å²) in [5, 5.41) is 0. The Morgan fingerprint density at radius 3 is 2.62 bits per heavy atom. The van der Waals surface area contributed by atoms with Crippen LogP contribution < -0.4 is 9.46 Å². The average Bonchev–Trinajstić information content (AvgIpc) is 3.05. The van der Waals surface area contributed by atoms with E-state index in [2.05, 4.69) is 4.72 Å². The molecule has 0 radical (unpaired) electrons. The zero-order chi connectivity index (χ0) is 11.8. The van der Waals surface area contributed by atoms with Crippen molar-refractivity contribution in [1.82, 2.24) is 4.72 Å². The van der Waals surface area contributed by atoms with E-state index in [9.17, 15) is 8.42 Å². The zero-order valence-electron chi connectivity index (χ0n) is 9.36. The van der Waals surface area contributed by atoms with E-state index >= 15 is 0 Å². The predicted molar refractivity (Wildman–Crippen MR) is 61.1 cm³/mol. The van der Waals surface area contributed by atoms with Crippen molar-refractivity contribution in [2.75, 3.05) is 7.05 Å². The Kier molecular flexibility index (Phi) is 2.90. The molecule has 0 saturated heterocycles. The predicted octanol–water partition coefficient (Wildman–Crippen LogP) is 1.44. The van der Waals surface area contributed by atoms with E-state index in [1.54, 1.807) is 12.1 Å². The molecule has 4 nitrogen and oxygen atoms in total. The lowest BCUT2D eigenvalue weighted by atomic mass is 10.2. The van der Waals surface area contributed by atoms with Gasteiger partial charge in [0.15, 0.2) is 0 Å². The maximum Gasteiger partial charge on any atom is 0.244 e. The van der Waals surface area contributed by atoms with Crippen molar-refractivity contribution in [2.24, 2.45) is 0 Å². The normalized spacial score (nSPS) is 16.1. The number of hydrogen-bond donors (Lipinski definition) is 1. The number of aryl methyl sites for hydroxylation is 1. The van der Waals surface area contributed by atoms with E-state index in [0.29, 0.717) is 5.75 Å². The van der Waals surface area contributed by atoms with Crippen molar-refractivity contribution in [3.05, 3.63) is 23.8 Å². The first-order valence-electron chi connectivity index (χ1n) is 5.24. The minimum absolute atomic E-state index is 0.187. The van der Waals surface area contributed by atoms with Crippen molar-refractivity contribution >= 4 is 10.0 Å². The monoisotopic (exact) mass is 241 g/mol. The van der Waals surface area contributed by atoms with Crippen LogP contribution in [0.3, 0.4) is 0 Å². The summed E-state index contributed by atoms with van der Waals surface area (Å²) in [6.07, 6.45) is 2.20. The SMILES string of the molecule is CNS(=O)(=O)c1cccc(C)c1OC1CC1. The van der Waals surface area contributed by atoms with Crippen molar-refractivity contribution in [2.45, 2.75) is 30.8 Å². The molecular weight excluding hydrogens is 226 g/mol. The molecule has 1 aromatic rings. The molecule has 0 unspecified atom stereocenters. The standard InChI is InChI=1S/C11H15NO3S/c1-8-4-3-5-10(16(13,14)12-2)11(8)15-9-6-7-9/h3-5,9,12H,6-7H2,1-2H3. The number of ether oxygens (including phenoxy) is 1. The van der Waals surface area contributed by atoms with Crippen molar-refractivity contribution in [1.29, 1.82) is 0 Å². The minimum Gasteiger partial charge on any atom is -0.489 e. The maximum absolute atomic E-state index is 11.8. The van der Waals surface area contributed by atoms with Crippen LogP contribution in [0, 0.1) is 6.92 Å². The average molecular weight is 241 g/mol. The molecule has 1 aliphatic rings. The van der Waals surface area contributed by atoms with E-state index in [4.69, 9.17) is 4.74 Å². The summed E-state index contributed by atoms with van der Waals surface area (Å²) in [6.45, 7) is 1.85. The molecule has 88 valence electrons. The third-order valence-corrected chi connectivity index (χ3v) is 3.98. The molecule has 1 aromatic carbocycles. The van der Waals surface area contributed by atoms with Gasteiger partial charge in [-0.2, -0.15) is 0 Å². The topological polar surface area (TPSA) is 55.4 Å². The highest BCUT2D eigenvalue weighted by Gasteiger charge is 2.27. The van der Waals surface area contributed by atoms with Gasteiger partial charge in [0.05, 0.1) is 6.10 Å². The Morgan fingerprint density at radius 1 is 1.38 bits per heavy atom. The van der Waals surface area contributed by atoms with Crippen LogP contribution in [-0.2, 0) is 10.0 Å². The van der Waals surface area contributed by atoms with Gasteiger partial charge in [0.2, 0.25) is 10.0 Å². The second kappa shape index (κ2) is 4.07. The highest BCUT2D eigenvalue weighted by atomic mass is 32.2. The lowest BCUT2D eigenvalue weighted by Crippen LogP contribution is -2.20. The Bertz CT molecular complexity index is 492. The smallest absolute Gasteiger partial charge is 0.244 e. The lowest BCUT2D eigenvalue weighted by molar-refractivity contribution is 0.293. The van der Waals surface area contributed by atoms with Gasteiger partial charge in [0.1, 0.15) is 10.6 Å². The van der Waals surface area contributed by atoms with Crippen LogP contribution >= 0.6 is 0 Å². The molecule has 0 atom stereocenters. The first-order valence-corrected chi connectivity index (χ1v) is 6.73. The Balaban J connectivity index is 2.46. The fraction of sp³-hybridized carbons (Fsp3) is 0.455. The fourth-order valence-corrected chi connectivity index (χ4v) is 2.38. The van der Waals surface area contributed by atoms with Crippen molar-refractivity contribution in [3.63, 3.8) is 0 Å². The Labute approximate surface area is 95.7 Å². The van der Waals surface area contributed by atoms with Crippen LogP contribution in [0.25, 0.3) is 0 Å². The van der Waals surface area contributed by atoms with Gasteiger partial charge in [0.25, 0.3) is 0 Å². The first-order chi connectivity index (χ1) is 7.54. The van der Waals surface area contributed by atoms with E-state index in [1.807, 2.05) is 13.0 Å². The van der Waals surface area contributed by atoms with Gasteiger partial charge < -0.3 is 4.74 Å². The number of sulfonamides is 1. The summed E-state index contributed by atoms with van der Waals surface area (Å²) in [5.74, 6) is 0.486. The summed E-state index contributed by atoms with van der Waals surface area (Å²) in [6, 6.07) is 5.14. The van der Waals surface area contributed by atoms with Gasteiger partial charge in [-0.25, -0.2) is 13.1 Å². The molecule has 1 saturated carbocycles. The quantitative estimate of drug-likeness (QED) is 0.868. The number of nitrogens with one attached hydrogen (secondary N) is 1. The van der Waals surface area contributed by atoms with Gasteiger partial charge in [0, 0.05) is 0 Å². The summed E-state index contributed by atoms with van der Waals surface area (Å²) < 4.78 is 31.5. The molecule has 0 bridgehead atoms. The molecule has 0 aromatic heterocycles. The van der Waals surface area contributed by atoms with E-state index in [1.165, 1.54) is 7.05 Å². The number of rotatable bonds is 4. The van der Waals surface area contributed by atoms with Crippen LogP contribution in [0.5, 0.6) is 5.75 Å². The highest BCUT2D eigenvalue weighted by molar-refractivity contribution is 7.89. The summed E-state index contributed by atoms with van der Waals surface area (Å²) in [7, 11) is -2.04. The van der Waals surface area contributed by atoms with Crippen LogP contribution in [-0.4, -0.2) is 21.6 Å². The summed E-state index contributed by atoms with van der Waals surface area (Å²) >= 11 is 0. The molecule has 0 aliphatic heterocycles. The van der Waals surface area contributed by atoms with E-state index in [-0.39, 0.29) is 11.0 Å². The van der Waals surface area contributed by atoms with Gasteiger partial charge in [-0.15, -0.1) is 0 Å². The maximum atomic E-state index is 11.8. The second-order valence-electron chi connectivity index (χ2n) is 3.93. The third-order valence-electron chi connectivity index (χ3n) is 2.54. The van der Waals surface area contributed by atoms with Crippen LogP contribution in [0.1, 0.15) is 18.4 Å². The molecular formula is C11H15NO3S. The van der Waals surface area contributed by atoms with Gasteiger partial charge in [-0.3, -0.25) is 0 Å². The van der Waals surface area contributed by atoms with Crippen molar-refractivity contribution in [3.8, 4) is 5.75 Å².